The monoisotopic (exact) mass is 315 g/mol. The second-order valence-corrected chi connectivity index (χ2v) is 4.25. The van der Waals surface area contributed by atoms with Gasteiger partial charge >= 0.3 is 0 Å². The summed E-state index contributed by atoms with van der Waals surface area (Å²) in [5.74, 6) is 0.822. The van der Waals surface area contributed by atoms with E-state index in [4.69, 9.17) is 4.42 Å². The second-order valence-electron chi connectivity index (χ2n) is 2.77. The number of alkyl halides is 1. The Kier molecular flexibility index (Phi) is 3.03. The predicted molar refractivity (Wildman–Crippen MR) is 62.3 cm³/mol. The largest absolute Gasteiger partial charge is 0.443 e. The highest BCUT2D eigenvalue weighted by Crippen LogP contribution is 2.26. The van der Waals surface area contributed by atoms with Crippen LogP contribution < -0.4 is 0 Å². The van der Waals surface area contributed by atoms with Crippen molar-refractivity contribution in [3.63, 3.8) is 0 Å². The van der Waals surface area contributed by atoms with E-state index in [0.717, 1.165) is 21.5 Å². The molecule has 0 aliphatic carbocycles. The first-order valence-corrected chi connectivity index (χ1v) is 5.97. The molecule has 0 saturated carbocycles. The molecule has 2 nitrogen and oxygen atoms in total. The van der Waals surface area contributed by atoms with E-state index in [2.05, 4.69) is 36.8 Å². The molecule has 4 heteroatoms. The Morgan fingerprint density at radius 1 is 1.36 bits per heavy atom. The van der Waals surface area contributed by atoms with Crippen LogP contribution in [-0.2, 0) is 5.33 Å². The number of hydrogen-bond donors (Lipinski definition) is 0. The third kappa shape index (κ3) is 1.91. The van der Waals surface area contributed by atoms with Crippen molar-refractivity contribution in [3.8, 4) is 11.3 Å². The molecule has 2 aromatic rings. The van der Waals surface area contributed by atoms with Crippen molar-refractivity contribution in [2.24, 2.45) is 0 Å². The molecule has 0 N–H and O–H groups in total. The van der Waals surface area contributed by atoms with Gasteiger partial charge < -0.3 is 4.42 Å². The van der Waals surface area contributed by atoms with Gasteiger partial charge in [-0.2, -0.15) is 0 Å². The molecule has 0 atom stereocenters. The van der Waals surface area contributed by atoms with Crippen molar-refractivity contribution >= 4 is 31.9 Å². The minimum atomic E-state index is 0.700. The average molecular weight is 317 g/mol. The lowest BCUT2D eigenvalue weighted by atomic mass is 10.1. The summed E-state index contributed by atoms with van der Waals surface area (Å²) in [5.41, 5.74) is 1.95. The molecule has 0 fully saturated rings. The molecule has 0 aliphatic rings. The summed E-state index contributed by atoms with van der Waals surface area (Å²) in [6.07, 6.45) is 1.47. The van der Waals surface area contributed by atoms with Gasteiger partial charge in [0.05, 0.1) is 5.69 Å². The molecule has 2 rings (SSSR count). The maximum atomic E-state index is 5.33. The van der Waals surface area contributed by atoms with E-state index in [-0.39, 0.29) is 0 Å². The summed E-state index contributed by atoms with van der Waals surface area (Å²) in [6.45, 7) is 0. The fourth-order valence-corrected chi connectivity index (χ4v) is 2.03. The zero-order valence-corrected chi connectivity index (χ0v) is 10.4. The van der Waals surface area contributed by atoms with Crippen LogP contribution in [0.15, 0.2) is 39.5 Å². The van der Waals surface area contributed by atoms with Crippen LogP contribution in [0.4, 0.5) is 0 Å². The van der Waals surface area contributed by atoms with Crippen LogP contribution in [0.2, 0.25) is 0 Å². The standard InChI is InChI=1S/C10H7Br2NO/c11-5-9-10(14-6-13-9)7-2-1-3-8(12)4-7/h1-4,6H,5H2. The lowest BCUT2D eigenvalue weighted by Crippen LogP contribution is -1.82. The molecule has 0 aliphatic heterocycles. The summed E-state index contributed by atoms with van der Waals surface area (Å²) in [5, 5.41) is 0.700. The van der Waals surface area contributed by atoms with Crippen LogP contribution in [-0.4, -0.2) is 4.98 Å². The summed E-state index contributed by atoms with van der Waals surface area (Å²) in [4.78, 5) is 4.11. The number of rotatable bonds is 2. The minimum absolute atomic E-state index is 0.700. The maximum absolute atomic E-state index is 5.33. The third-order valence-corrected chi connectivity index (χ3v) is 2.88. The van der Waals surface area contributed by atoms with Crippen LogP contribution in [0, 0.1) is 0 Å². The number of oxazole rings is 1. The number of hydrogen-bond acceptors (Lipinski definition) is 2. The van der Waals surface area contributed by atoms with Crippen LogP contribution in [0.3, 0.4) is 0 Å². The molecule has 0 radical (unpaired) electrons. The van der Waals surface area contributed by atoms with Gasteiger partial charge in [-0.1, -0.05) is 44.0 Å². The molecule has 0 spiro atoms. The second kappa shape index (κ2) is 4.28. The van der Waals surface area contributed by atoms with Gasteiger partial charge in [0.2, 0.25) is 0 Å². The molecule has 1 aromatic heterocycles. The smallest absolute Gasteiger partial charge is 0.181 e. The van der Waals surface area contributed by atoms with Crippen molar-refractivity contribution in [3.05, 3.63) is 40.8 Å². The molecule has 14 heavy (non-hydrogen) atoms. The Bertz CT molecular complexity index is 439. The van der Waals surface area contributed by atoms with Crippen LogP contribution in [0.25, 0.3) is 11.3 Å². The maximum Gasteiger partial charge on any atom is 0.181 e. The highest BCUT2D eigenvalue weighted by molar-refractivity contribution is 9.10. The van der Waals surface area contributed by atoms with E-state index >= 15 is 0 Å². The SMILES string of the molecule is BrCc1ncoc1-c1cccc(Br)c1. The molecule has 1 aromatic carbocycles. The van der Waals surface area contributed by atoms with E-state index < -0.39 is 0 Å². The molecule has 72 valence electrons. The Labute approximate surface area is 98.6 Å². The quantitative estimate of drug-likeness (QED) is 0.783. The van der Waals surface area contributed by atoms with Gasteiger partial charge in [0, 0.05) is 15.4 Å². The van der Waals surface area contributed by atoms with Gasteiger partial charge in [-0.3, -0.25) is 0 Å². The Morgan fingerprint density at radius 2 is 2.21 bits per heavy atom. The highest BCUT2D eigenvalue weighted by Gasteiger charge is 2.09. The number of benzene rings is 1. The molecule has 1 heterocycles. The van der Waals surface area contributed by atoms with Crippen LogP contribution in [0.5, 0.6) is 0 Å². The molecule has 0 saturated heterocycles. The van der Waals surface area contributed by atoms with Gasteiger partial charge in [-0.05, 0) is 12.1 Å². The van der Waals surface area contributed by atoms with Gasteiger partial charge in [-0.25, -0.2) is 4.98 Å². The van der Waals surface area contributed by atoms with Crippen LogP contribution >= 0.6 is 31.9 Å². The van der Waals surface area contributed by atoms with E-state index in [1.807, 2.05) is 24.3 Å². The minimum Gasteiger partial charge on any atom is -0.443 e. The van der Waals surface area contributed by atoms with Gasteiger partial charge in [-0.15, -0.1) is 0 Å². The summed E-state index contributed by atoms with van der Waals surface area (Å²) >= 11 is 6.79. The summed E-state index contributed by atoms with van der Waals surface area (Å²) < 4.78 is 6.37. The molecular weight excluding hydrogens is 310 g/mol. The van der Waals surface area contributed by atoms with Crippen molar-refractivity contribution in [1.29, 1.82) is 0 Å². The number of halogens is 2. The zero-order chi connectivity index (χ0) is 9.97. The zero-order valence-electron chi connectivity index (χ0n) is 7.21. The van der Waals surface area contributed by atoms with E-state index in [1.165, 1.54) is 6.39 Å². The fraction of sp³-hybridized carbons (Fsp3) is 0.100. The Balaban J connectivity index is 2.49. The first kappa shape index (κ1) is 9.93. The summed E-state index contributed by atoms with van der Waals surface area (Å²) in [6, 6.07) is 7.96. The Hall–Kier alpha value is -0.610. The third-order valence-electron chi connectivity index (χ3n) is 1.85. The normalized spacial score (nSPS) is 10.4. The Morgan fingerprint density at radius 3 is 2.93 bits per heavy atom. The average Bonchev–Trinajstić information content (AvgIpc) is 2.65. The van der Waals surface area contributed by atoms with Crippen molar-refractivity contribution in [2.75, 3.05) is 0 Å². The lowest BCUT2D eigenvalue weighted by molar-refractivity contribution is 0.571. The van der Waals surface area contributed by atoms with E-state index in [9.17, 15) is 0 Å². The molecule has 0 bridgehead atoms. The first-order valence-electron chi connectivity index (χ1n) is 4.05. The first-order chi connectivity index (χ1) is 6.81. The van der Waals surface area contributed by atoms with E-state index in [1.54, 1.807) is 0 Å². The van der Waals surface area contributed by atoms with E-state index in [0.29, 0.717) is 5.33 Å². The van der Waals surface area contributed by atoms with Gasteiger partial charge in [0.25, 0.3) is 0 Å². The highest BCUT2D eigenvalue weighted by atomic mass is 79.9. The molecule has 0 amide bonds. The summed E-state index contributed by atoms with van der Waals surface area (Å²) in [7, 11) is 0. The lowest BCUT2D eigenvalue weighted by Gasteiger charge is -1.98. The topological polar surface area (TPSA) is 26.0 Å². The van der Waals surface area contributed by atoms with Gasteiger partial charge in [0.15, 0.2) is 12.2 Å². The van der Waals surface area contributed by atoms with Crippen LogP contribution in [0.1, 0.15) is 5.69 Å². The van der Waals surface area contributed by atoms with Crippen molar-refractivity contribution < 1.29 is 4.42 Å². The molecular formula is C10H7Br2NO. The number of aromatic nitrogens is 1. The predicted octanol–water partition coefficient (Wildman–Crippen LogP) is 4.00. The fourth-order valence-electron chi connectivity index (χ4n) is 1.23. The van der Waals surface area contributed by atoms with Crippen molar-refractivity contribution in [2.45, 2.75) is 5.33 Å². The molecule has 0 unspecified atom stereocenters. The van der Waals surface area contributed by atoms with Gasteiger partial charge in [0.1, 0.15) is 0 Å². The number of nitrogens with zero attached hydrogens (tertiary/aromatic N) is 1. The van der Waals surface area contributed by atoms with Crippen molar-refractivity contribution in [1.82, 2.24) is 4.98 Å².